The van der Waals surface area contributed by atoms with E-state index in [4.69, 9.17) is 4.98 Å². The molecule has 1 fully saturated rings. The lowest BCUT2D eigenvalue weighted by molar-refractivity contribution is -0.139. The zero-order chi connectivity index (χ0) is 14.4. The van der Waals surface area contributed by atoms with Crippen LogP contribution in [-0.2, 0) is 11.2 Å². The molecule has 108 valence electrons. The molecule has 0 radical (unpaired) electrons. The van der Waals surface area contributed by atoms with Crippen LogP contribution in [0.4, 0.5) is 0 Å². The first-order valence-corrected chi connectivity index (χ1v) is 8.37. The summed E-state index contributed by atoms with van der Waals surface area (Å²) in [6.07, 6.45) is 5.17. The number of aromatic nitrogens is 1. The molecule has 2 aromatic rings. The summed E-state index contributed by atoms with van der Waals surface area (Å²) in [5, 5.41) is 10.4. The Morgan fingerprint density at radius 1 is 1.24 bits per heavy atom. The zero-order valence-electron chi connectivity index (χ0n) is 11.7. The summed E-state index contributed by atoms with van der Waals surface area (Å²) < 4.78 is 0. The van der Waals surface area contributed by atoms with Gasteiger partial charge in [-0.1, -0.05) is 24.3 Å². The third-order valence-corrected chi connectivity index (χ3v) is 5.62. The standard InChI is InChI=1S/C17H17NO2S/c19-17(20)13-6-3-7-14-15(13)18-16(21-14)12-5-2-1-4-11(12)10-8-9-10/h1-2,4-5,10,13H,3,6-9H2,(H,19,20). The fraction of sp³-hybridized carbons (Fsp3) is 0.412. The second-order valence-electron chi connectivity index (χ2n) is 5.97. The molecule has 4 rings (SSSR count). The molecule has 0 amide bonds. The predicted molar refractivity (Wildman–Crippen MR) is 82.8 cm³/mol. The molecular formula is C17H17NO2S. The summed E-state index contributed by atoms with van der Waals surface area (Å²) in [7, 11) is 0. The van der Waals surface area contributed by atoms with Gasteiger partial charge < -0.3 is 5.11 Å². The molecule has 1 heterocycles. The maximum atomic E-state index is 11.4. The second kappa shape index (κ2) is 4.95. The highest BCUT2D eigenvalue weighted by atomic mass is 32.1. The monoisotopic (exact) mass is 299 g/mol. The third kappa shape index (κ3) is 2.27. The van der Waals surface area contributed by atoms with Crippen LogP contribution in [0, 0.1) is 0 Å². The van der Waals surface area contributed by atoms with Crippen LogP contribution in [0.1, 0.15) is 53.7 Å². The number of hydrogen-bond acceptors (Lipinski definition) is 3. The third-order valence-electron chi connectivity index (χ3n) is 4.46. The van der Waals surface area contributed by atoms with E-state index in [-0.39, 0.29) is 0 Å². The Kier molecular flexibility index (Phi) is 3.07. The lowest BCUT2D eigenvalue weighted by atomic mass is 9.91. The van der Waals surface area contributed by atoms with Crippen LogP contribution in [0.2, 0.25) is 0 Å². The molecule has 0 spiro atoms. The van der Waals surface area contributed by atoms with Gasteiger partial charge in [0.25, 0.3) is 0 Å². The van der Waals surface area contributed by atoms with Gasteiger partial charge in [-0.25, -0.2) is 4.98 Å². The van der Waals surface area contributed by atoms with Gasteiger partial charge in [0.05, 0.1) is 11.6 Å². The molecule has 1 aromatic carbocycles. The van der Waals surface area contributed by atoms with Crippen LogP contribution in [0.5, 0.6) is 0 Å². The Balaban J connectivity index is 1.79. The van der Waals surface area contributed by atoms with Crippen molar-refractivity contribution in [3.63, 3.8) is 0 Å². The number of thiazole rings is 1. The molecule has 0 aliphatic heterocycles. The van der Waals surface area contributed by atoms with Gasteiger partial charge >= 0.3 is 5.97 Å². The highest BCUT2D eigenvalue weighted by Gasteiger charge is 2.32. The first kappa shape index (κ1) is 13.0. The summed E-state index contributed by atoms with van der Waals surface area (Å²) in [5.74, 6) is -0.465. The predicted octanol–water partition coefficient (Wildman–Crippen LogP) is 4.19. The lowest BCUT2D eigenvalue weighted by Crippen LogP contribution is -2.17. The number of carbonyl (C=O) groups is 1. The molecule has 1 unspecified atom stereocenters. The van der Waals surface area contributed by atoms with Crippen molar-refractivity contribution in [3.05, 3.63) is 40.4 Å². The average molecular weight is 299 g/mol. The van der Waals surface area contributed by atoms with Crippen molar-refractivity contribution in [2.24, 2.45) is 0 Å². The SMILES string of the molecule is O=C(O)C1CCCc2sc(-c3ccccc3C3CC3)nc21. The number of carboxylic acids is 1. The number of aliphatic carboxylic acids is 1. The molecule has 2 aliphatic carbocycles. The Morgan fingerprint density at radius 2 is 2.05 bits per heavy atom. The van der Waals surface area contributed by atoms with E-state index in [1.54, 1.807) is 11.3 Å². The smallest absolute Gasteiger partial charge is 0.312 e. The van der Waals surface area contributed by atoms with E-state index < -0.39 is 11.9 Å². The molecule has 0 saturated heterocycles. The van der Waals surface area contributed by atoms with Crippen LogP contribution in [-0.4, -0.2) is 16.1 Å². The zero-order valence-corrected chi connectivity index (χ0v) is 12.5. The Hall–Kier alpha value is -1.68. The number of rotatable bonds is 3. The van der Waals surface area contributed by atoms with E-state index in [1.807, 2.05) is 0 Å². The van der Waals surface area contributed by atoms with Gasteiger partial charge in [-0.2, -0.15) is 0 Å². The maximum Gasteiger partial charge on any atom is 0.312 e. The highest BCUT2D eigenvalue weighted by molar-refractivity contribution is 7.15. The molecule has 2 aliphatic rings. The van der Waals surface area contributed by atoms with Gasteiger partial charge in [-0.15, -0.1) is 11.3 Å². The van der Waals surface area contributed by atoms with Crippen molar-refractivity contribution in [2.75, 3.05) is 0 Å². The molecule has 21 heavy (non-hydrogen) atoms. The van der Waals surface area contributed by atoms with Gasteiger partial charge in [-0.05, 0) is 43.6 Å². The Morgan fingerprint density at radius 3 is 2.81 bits per heavy atom. The number of fused-ring (bicyclic) bond motifs is 1. The molecule has 0 bridgehead atoms. The summed E-state index contributed by atoms with van der Waals surface area (Å²) in [5.41, 5.74) is 3.42. The topological polar surface area (TPSA) is 50.2 Å². The lowest BCUT2D eigenvalue weighted by Gasteiger charge is -2.16. The van der Waals surface area contributed by atoms with Crippen molar-refractivity contribution in [2.45, 2.75) is 43.9 Å². The first-order chi connectivity index (χ1) is 10.2. The normalized spacial score (nSPS) is 21.0. The van der Waals surface area contributed by atoms with E-state index in [1.165, 1.54) is 28.8 Å². The van der Waals surface area contributed by atoms with Crippen molar-refractivity contribution in [3.8, 4) is 10.6 Å². The van der Waals surface area contributed by atoms with Crippen molar-refractivity contribution in [1.82, 2.24) is 4.98 Å². The molecule has 3 nitrogen and oxygen atoms in total. The largest absolute Gasteiger partial charge is 0.481 e. The minimum Gasteiger partial charge on any atom is -0.481 e. The molecule has 1 aromatic heterocycles. The molecular weight excluding hydrogens is 282 g/mol. The van der Waals surface area contributed by atoms with E-state index in [2.05, 4.69) is 24.3 Å². The molecule has 1 N–H and O–H groups in total. The van der Waals surface area contributed by atoms with Crippen LogP contribution >= 0.6 is 11.3 Å². The van der Waals surface area contributed by atoms with Crippen molar-refractivity contribution >= 4 is 17.3 Å². The Labute approximate surface area is 127 Å². The fourth-order valence-corrected chi connectivity index (χ4v) is 4.43. The van der Waals surface area contributed by atoms with Crippen LogP contribution in [0.3, 0.4) is 0 Å². The molecule has 1 saturated carbocycles. The quantitative estimate of drug-likeness (QED) is 0.924. The van der Waals surface area contributed by atoms with Crippen LogP contribution < -0.4 is 0 Å². The number of carboxylic acid groups (broad SMARTS) is 1. The van der Waals surface area contributed by atoms with E-state index >= 15 is 0 Å². The summed E-state index contributed by atoms with van der Waals surface area (Å²) in [4.78, 5) is 17.3. The van der Waals surface area contributed by atoms with Gasteiger partial charge in [0.2, 0.25) is 0 Å². The number of aryl methyl sites for hydroxylation is 1. The number of nitrogens with zero attached hydrogens (tertiary/aromatic N) is 1. The maximum absolute atomic E-state index is 11.4. The second-order valence-corrected chi connectivity index (χ2v) is 7.06. The minimum atomic E-state index is -0.733. The summed E-state index contributed by atoms with van der Waals surface area (Å²) in [6, 6.07) is 8.47. The summed E-state index contributed by atoms with van der Waals surface area (Å²) in [6.45, 7) is 0. The Bertz CT molecular complexity index is 703. The van der Waals surface area contributed by atoms with E-state index in [9.17, 15) is 9.90 Å². The molecule has 4 heteroatoms. The summed E-state index contributed by atoms with van der Waals surface area (Å²) >= 11 is 1.69. The van der Waals surface area contributed by atoms with Crippen LogP contribution in [0.25, 0.3) is 10.6 Å². The van der Waals surface area contributed by atoms with Crippen molar-refractivity contribution in [1.29, 1.82) is 0 Å². The highest BCUT2D eigenvalue weighted by Crippen LogP contribution is 2.46. The fourth-order valence-electron chi connectivity index (χ4n) is 3.22. The molecule has 1 atom stereocenters. The van der Waals surface area contributed by atoms with E-state index in [0.29, 0.717) is 5.92 Å². The van der Waals surface area contributed by atoms with Gasteiger partial charge in [-0.3, -0.25) is 4.79 Å². The first-order valence-electron chi connectivity index (χ1n) is 7.55. The average Bonchev–Trinajstić information content (AvgIpc) is 3.25. The van der Waals surface area contributed by atoms with Gasteiger partial charge in [0, 0.05) is 10.4 Å². The van der Waals surface area contributed by atoms with Gasteiger partial charge in [0.1, 0.15) is 5.01 Å². The van der Waals surface area contributed by atoms with Crippen LogP contribution in [0.15, 0.2) is 24.3 Å². The number of benzene rings is 1. The minimum absolute atomic E-state index is 0.410. The van der Waals surface area contributed by atoms with Crippen molar-refractivity contribution < 1.29 is 9.90 Å². The van der Waals surface area contributed by atoms with Gasteiger partial charge in [0.15, 0.2) is 0 Å². The van der Waals surface area contributed by atoms with E-state index in [0.717, 1.165) is 30.0 Å². The number of hydrogen-bond donors (Lipinski definition) is 1.